The predicted molar refractivity (Wildman–Crippen MR) is 79.4 cm³/mol. The Balaban J connectivity index is 2.04. The lowest BCUT2D eigenvalue weighted by Crippen LogP contribution is -2.18. The Morgan fingerprint density at radius 2 is 1.84 bits per heavy atom. The van der Waals surface area contributed by atoms with E-state index in [1.165, 1.54) is 16.7 Å². The van der Waals surface area contributed by atoms with Gasteiger partial charge < -0.3 is 10.1 Å². The van der Waals surface area contributed by atoms with Gasteiger partial charge in [-0.3, -0.25) is 0 Å². The van der Waals surface area contributed by atoms with Crippen LogP contribution in [0.4, 0.5) is 0 Å². The lowest BCUT2D eigenvalue weighted by atomic mass is 10.1. The Bertz CT molecular complexity index is 522. The molecule has 0 aliphatic rings. The van der Waals surface area contributed by atoms with Crippen molar-refractivity contribution < 1.29 is 4.74 Å². The molecule has 0 saturated heterocycles. The minimum atomic E-state index is 0.325. The maximum Gasteiger partial charge on any atom is 0.123 e. The Hall–Kier alpha value is -1.80. The summed E-state index contributed by atoms with van der Waals surface area (Å²) in [6.45, 7) is 5.09. The van der Waals surface area contributed by atoms with Crippen molar-refractivity contribution in [3.05, 3.63) is 65.2 Å². The average molecular weight is 255 g/mol. The molecule has 0 saturated carbocycles. The number of ether oxygens (including phenoxy) is 1. The molecular formula is C17H21NO. The van der Waals surface area contributed by atoms with Crippen molar-refractivity contribution in [2.75, 3.05) is 7.11 Å². The molecule has 100 valence electrons. The molecule has 1 N–H and O–H groups in total. The molecule has 2 rings (SSSR count). The predicted octanol–water partition coefficient (Wildman–Crippen LogP) is 3.85. The summed E-state index contributed by atoms with van der Waals surface area (Å²) in [6.07, 6.45) is 0. The average Bonchev–Trinajstić information content (AvgIpc) is 2.46. The first kappa shape index (κ1) is 13.6. The number of hydrogen-bond donors (Lipinski definition) is 1. The molecule has 0 aromatic heterocycles. The molecule has 0 spiro atoms. The smallest absolute Gasteiger partial charge is 0.123 e. The fourth-order valence-electron chi connectivity index (χ4n) is 2.17. The van der Waals surface area contributed by atoms with Crippen molar-refractivity contribution in [1.29, 1.82) is 0 Å². The van der Waals surface area contributed by atoms with E-state index in [2.05, 4.69) is 55.6 Å². The largest absolute Gasteiger partial charge is 0.496 e. The molecule has 0 aliphatic carbocycles. The van der Waals surface area contributed by atoms with Gasteiger partial charge in [0.15, 0.2) is 0 Å². The fraction of sp³-hybridized carbons (Fsp3) is 0.294. The van der Waals surface area contributed by atoms with Gasteiger partial charge in [-0.25, -0.2) is 0 Å². The Labute approximate surface area is 115 Å². The number of hydrogen-bond acceptors (Lipinski definition) is 2. The summed E-state index contributed by atoms with van der Waals surface area (Å²) < 4.78 is 5.40. The molecule has 2 aromatic carbocycles. The van der Waals surface area contributed by atoms with E-state index in [0.717, 1.165) is 12.3 Å². The van der Waals surface area contributed by atoms with Crippen molar-refractivity contribution in [2.24, 2.45) is 0 Å². The minimum absolute atomic E-state index is 0.325. The van der Waals surface area contributed by atoms with Crippen LogP contribution in [0.2, 0.25) is 0 Å². The zero-order chi connectivity index (χ0) is 13.7. The maximum absolute atomic E-state index is 5.40. The topological polar surface area (TPSA) is 21.3 Å². The van der Waals surface area contributed by atoms with Gasteiger partial charge in [-0.2, -0.15) is 0 Å². The van der Waals surface area contributed by atoms with Gasteiger partial charge in [0.25, 0.3) is 0 Å². The van der Waals surface area contributed by atoms with Crippen LogP contribution in [0.15, 0.2) is 48.5 Å². The molecule has 2 aromatic rings. The van der Waals surface area contributed by atoms with Gasteiger partial charge in [-0.05, 0) is 25.5 Å². The highest BCUT2D eigenvalue weighted by Crippen LogP contribution is 2.21. The Kier molecular flexibility index (Phi) is 4.58. The molecule has 0 unspecified atom stereocenters. The fourth-order valence-corrected chi connectivity index (χ4v) is 2.17. The normalized spacial score (nSPS) is 12.2. The first-order chi connectivity index (χ1) is 9.20. The number of benzene rings is 2. The molecule has 2 heteroatoms. The summed E-state index contributed by atoms with van der Waals surface area (Å²) in [6, 6.07) is 17.1. The van der Waals surface area contributed by atoms with Crippen LogP contribution in [0.1, 0.15) is 29.7 Å². The van der Waals surface area contributed by atoms with Crippen LogP contribution < -0.4 is 10.1 Å². The van der Waals surface area contributed by atoms with Gasteiger partial charge >= 0.3 is 0 Å². The standard InChI is InChI=1S/C17H21NO/c1-13-9-10-17(19-3)16(11-13)12-18-14(2)15-7-5-4-6-8-15/h4-11,14,18H,12H2,1-3H3/t14-/m0/s1. The van der Waals surface area contributed by atoms with Gasteiger partial charge in [0.1, 0.15) is 5.75 Å². The first-order valence-corrected chi connectivity index (χ1v) is 6.62. The van der Waals surface area contributed by atoms with Gasteiger partial charge in [-0.15, -0.1) is 0 Å². The molecule has 1 atom stereocenters. The van der Waals surface area contributed by atoms with E-state index in [1.54, 1.807) is 7.11 Å². The first-order valence-electron chi connectivity index (χ1n) is 6.62. The van der Waals surface area contributed by atoms with Crippen molar-refractivity contribution in [3.63, 3.8) is 0 Å². The maximum atomic E-state index is 5.40. The molecule has 0 heterocycles. The summed E-state index contributed by atoms with van der Waals surface area (Å²) in [5.74, 6) is 0.943. The highest BCUT2D eigenvalue weighted by Gasteiger charge is 2.07. The van der Waals surface area contributed by atoms with Crippen LogP contribution in [0.3, 0.4) is 0 Å². The third kappa shape index (κ3) is 3.58. The molecule has 19 heavy (non-hydrogen) atoms. The van der Waals surface area contributed by atoms with Crippen LogP contribution in [0, 0.1) is 6.92 Å². The lowest BCUT2D eigenvalue weighted by Gasteiger charge is -2.16. The zero-order valence-electron chi connectivity index (χ0n) is 11.8. The van der Waals surface area contributed by atoms with Crippen molar-refractivity contribution in [2.45, 2.75) is 26.4 Å². The summed E-state index contributed by atoms with van der Waals surface area (Å²) in [5.41, 5.74) is 3.75. The molecule has 0 amide bonds. The second-order valence-electron chi connectivity index (χ2n) is 4.83. The van der Waals surface area contributed by atoms with Crippen LogP contribution >= 0.6 is 0 Å². The Morgan fingerprint density at radius 1 is 1.11 bits per heavy atom. The SMILES string of the molecule is COc1ccc(C)cc1CN[C@@H](C)c1ccccc1. The second kappa shape index (κ2) is 6.39. The lowest BCUT2D eigenvalue weighted by molar-refractivity contribution is 0.406. The van der Waals surface area contributed by atoms with Crippen LogP contribution in [-0.2, 0) is 6.54 Å². The number of nitrogens with one attached hydrogen (secondary N) is 1. The van der Waals surface area contributed by atoms with Gasteiger partial charge in [0.2, 0.25) is 0 Å². The third-order valence-electron chi connectivity index (χ3n) is 3.33. The summed E-state index contributed by atoms with van der Waals surface area (Å²) in [7, 11) is 1.72. The van der Waals surface area contributed by atoms with Gasteiger partial charge in [-0.1, -0.05) is 48.0 Å². The van der Waals surface area contributed by atoms with E-state index < -0.39 is 0 Å². The molecular weight excluding hydrogens is 234 g/mol. The highest BCUT2D eigenvalue weighted by molar-refractivity contribution is 5.36. The van der Waals surface area contributed by atoms with E-state index in [-0.39, 0.29) is 0 Å². The van der Waals surface area contributed by atoms with Crippen molar-refractivity contribution in [3.8, 4) is 5.75 Å². The number of rotatable bonds is 5. The summed E-state index contributed by atoms with van der Waals surface area (Å²) in [4.78, 5) is 0. The highest BCUT2D eigenvalue weighted by atomic mass is 16.5. The third-order valence-corrected chi connectivity index (χ3v) is 3.33. The van der Waals surface area contributed by atoms with Crippen LogP contribution in [0.5, 0.6) is 5.75 Å². The molecule has 0 fully saturated rings. The molecule has 2 nitrogen and oxygen atoms in total. The molecule has 0 radical (unpaired) electrons. The monoisotopic (exact) mass is 255 g/mol. The minimum Gasteiger partial charge on any atom is -0.496 e. The zero-order valence-corrected chi connectivity index (χ0v) is 11.8. The molecule has 0 bridgehead atoms. The van der Waals surface area contributed by atoms with Crippen LogP contribution in [-0.4, -0.2) is 7.11 Å². The van der Waals surface area contributed by atoms with Crippen molar-refractivity contribution >= 4 is 0 Å². The van der Waals surface area contributed by atoms with E-state index in [0.29, 0.717) is 6.04 Å². The van der Waals surface area contributed by atoms with Crippen LogP contribution in [0.25, 0.3) is 0 Å². The quantitative estimate of drug-likeness (QED) is 0.876. The summed E-state index contributed by atoms with van der Waals surface area (Å²) >= 11 is 0. The Morgan fingerprint density at radius 3 is 2.53 bits per heavy atom. The molecule has 0 aliphatic heterocycles. The van der Waals surface area contributed by atoms with E-state index in [1.807, 2.05) is 12.1 Å². The number of methoxy groups -OCH3 is 1. The van der Waals surface area contributed by atoms with E-state index in [9.17, 15) is 0 Å². The second-order valence-corrected chi connectivity index (χ2v) is 4.83. The van der Waals surface area contributed by atoms with E-state index in [4.69, 9.17) is 4.74 Å². The number of aryl methyl sites for hydroxylation is 1. The summed E-state index contributed by atoms with van der Waals surface area (Å²) in [5, 5.41) is 3.54. The van der Waals surface area contributed by atoms with Crippen molar-refractivity contribution in [1.82, 2.24) is 5.32 Å². The van der Waals surface area contributed by atoms with Gasteiger partial charge in [0.05, 0.1) is 7.11 Å². The van der Waals surface area contributed by atoms with E-state index >= 15 is 0 Å². The van der Waals surface area contributed by atoms with Gasteiger partial charge in [0, 0.05) is 18.2 Å².